The van der Waals surface area contributed by atoms with E-state index in [4.69, 9.17) is 17.0 Å². The fourth-order valence-corrected chi connectivity index (χ4v) is 0.494. The number of hydrogen-bond donors (Lipinski definition) is 1. The Morgan fingerprint density at radius 3 is 2.67 bits per heavy atom. The molecule has 0 bridgehead atoms. The third-order valence-corrected chi connectivity index (χ3v) is 0.983. The maximum Gasteiger partial charge on any atom is 0.147 e. The highest BCUT2D eigenvalue weighted by Gasteiger charge is 1.87. The second-order valence-electron chi connectivity index (χ2n) is 1.41. The summed E-state index contributed by atoms with van der Waals surface area (Å²) >= 11 is 5.42. The summed E-state index contributed by atoms with van der Waals surface area (Å²) in [6.45, 7) is 0. The van der Waals surface area contributed by atoms with Crippen LogP contribution in [0.15, 0.2) is 12.4 Å². The largest absolute Gasteiger partial charge is 0.306 e. The number of hydrogen-bond acceptors (Lipinski definition) is 3. The number of halogens is 1. The summed E-state index contributed by atoms with van der Waals surface area (Å²) in [4.78, 5) is 7.46. The smallest absolute Gasteiger partial charge is 0.147 e. The van der Waals surface area contributed by atoms with Gasteiger partial charge < -0.3 is 5.41 Å². The molecule has 0 radical (unpaired) electrons. The quantitative estimate of drug-likeness (QED) is 0.596. The molecule has 0 fully saturated rings. The van der Waals surface area contributed by atoms with Crippen molar-refractivity contribution < 1.29 is 0 Å². The van der Waals surface area contributed by atoms with E-state index in [0.29, 0.717) is 10.8 Å². The summed E-state index contributed by atoms with van der Waals surface area (Å²) in [5.41, 5.74) is 0.513. The molecule has 0 unspecified atom stereocenters. The van der Waals surface area contributed by atoms with Crippen LogP contribution in [0.2, 0.25) is 5.15 Å². The lowest BCUT2D eigenvalue weighted by atomic mass is 10.5. The molecule has 0 aliphatic carbocycles. The SMILES string of the molecule is N=Cc1cnc(Cl)cn1. The summed E-state index contributed by atoms with van der Waals surface area (Å²) < 4.78 is 0. The molecule has 4 heteroatoms. The third-order valence-electron chi connectivity index (χ3n) is 0.788. The van der Waals surface area contributed by atoms with E-state index in [9.17, 15) is 0 Å². The van der Waals surface area contributed by atoms with Gasteiger partial charge in [0.05, 0.1) is 18.1 Å². The van der Waals surface area contributed by atoms with Crippen molar-refractivity contribution >= 4 is 17.8 Å². The molecule has 9 heavy (non-hydrogen) atoms. The van der Waals surface area contributed by atoms with Gasteiger partial charge in [-0.15, -0.1) is 0 Å². The highest BCUT2D eigenvalue weighted by molar-refractivity contribution is 6.29. The summed E-state index contributed by atoms with van der Waals surface area (Å²) in [6, 6.07) is 0. The van der Waals surface area contributed by atoms with E-state index in [-0.39, 0.29) is 0 Å². The van der Waals surface area contributed by atoms with Gasteiger partial charge in [-0.2, -0.15) is 0 Å². The van der Waals surface area contributed by atoms with E-state index in [2.05, 4.69) is 9.97 Å². The van der Waals surface area contributed by atoms with Gasteiger partial charge in [-0.05, 0) is 0 Å². The fourth-order valence-electron chi connectivity index (χ4n) is 0.397. The maximum atomic E-state index is 6.74. The number of nitrogens with zero attached hydrogens (tertiary/aromatic N) is 2. The molecule has 0 spiro atoms. The molecule has 0 saturated carbocycles. The predicted molar refractivity (Wildman–Crippen MR) is 34.9 cm³/mol. The molecular weight excluding hydrogens is 138 g/mol. The van der Waals surface area contributed by atoms with Crippen LogP contribution >= 0.6 is 11.6 Å². The molecule has 46 valence electrons. The second kappa shape index (κ2) is 2.55. The van der Waals surface area contributed by atoms with Gasteiger partial charge in [-0.1, -0.05) is 11.6 Å². The lowest BCUT2D eigenvalue weighted by molar-refractivity contribution is 1.18. The zero-order chi connectivity index (χ0) is 6.69. The van der Waals surface area contributed by atoms with Gasteiger partial charge in [0.25, 0.3) is 0 Å². The van der Waals surface area contributed by atoms with Crippen molar-refractivity contribution in [2.45, 2.75) is 0 Å². The lowest BCUT2D eigenvalue weighted by Crippen LogP contribution is -1.86. The van der Waals surface area contributed by atoms with E-state index in [0.717, 1.165) is 6.21 Å². The minimum Gasteiger partial charge on any atom is -0.306 e. The van der Waals surface area contributed by atoms with Crippen LogP contribution in [0, 0.1) is 5.41 Å². The Morgan fingerprint density at radius 1 is 1.44 bits per heavy atom. The van der Waals surface area contributed by atoms with E-state index >= 15 is 0 Å². The van der Waals surface area contributed by atoms with Crippen molar-refractivity contribution in [2.75, 3.05) is 0 Å². The van der Waals surface area contributed by atoms with Crippen LogP contribution in [0.4, 0.5) is 0 Å². The molecule has 0 amide bonds. The first kappa shape index (κ1) is 6.16. The molecule has 0 atom stereocenters. The monoisotopic (exact) mass is 141 g/mol. The third kappa shape index (κ3) is 1.47. The van der Waals surface area contributed by atoms with E-state index < -0.39 is 0 Å². The van der Waals surface area contributed by atoms with Crippen LogP contribution in [0.25, 0.3) is 0 Å². The zero-order valence-electron chi connectivity index (χ0n) is 4.50. The first-order chi connectivity index (χ1) is 4.33. The Balaban J connectivity index is 3.01. The van der Waals surface area contributed by atoms with Gasteiger partial charge in [-0.25, -0.2) is 4.98 Å². The van der Waals surface area contributed by atoms with E-state index in [1.807, 2.05) is 0 Å². The highest BCUT2D eigenvalue weighted by Crippen LogP contribution is 1.98. The molecule has 1 rings (SSSR count). The molecule has 0 aromatic carbocycles. The molecule has 1 heterocycles. The van der Waals surface area contributed by atoms with Crippen molar-refractivity contribution in [3.05, 3.63) is 23.2 Å². The first-order valence-electron chi connectivity index (χ1n) is 2.31. The van der Waals surface area contributed by atoms with Crippen LogP contribution in [-0.2, 0) is 0 Å². The summed E-state index contributed by atoms with van der Waals surface area (Å²) in [5, 5.41) is 7.09. The van der Waals surface area contributed by atoms with Gasteiger partial charge in [0.2, 0.25) is 0 Å². The Morgan fingerprint density at radius 2 is 2.22 bits per heavy atom. The molecule has 1 aromatic rings. The average Bonchev–Trinajstić information content (AvgIpc) is 1.90. The molecule has 1 N–H and O–H groups in total. The molecular formula is C5H4ClN3. The second-order valence-corrected chi connectivity index (χ2v) is 1.80. The maximum absolute atomic E-state index is 6.74. The van der Waals surface area contributed by atoms with E-state index in [1.165, 1.54) is 12.4 Å². The van der Waals surface area contributed by atoms with Crippen LogP contribution in [-0.4, -0.2) is 16.2 Å². The van der Waals surface area contributed by atoms with Crippen molar-refractivity contribution in [3.8, 4) is 0 Å². The summed E-state index contributed by atoms with van der Waals surface area (Å²) in [6.07, 6.45) is 3.96. The summed E-state index contributed by atoms with van der Waals surface area (Å²) in [7, 11) is 0. The van der Waals surface area contributed by atoms with Crippen molar-refractivity contribution in [1.82, 2.24) is 9.97 Å². The molecule has 0 aliphatic heterocycles. The predicted octanol–water partition coefficient (Wildman–Crippen LogP) is 1.13. The minimum atomic E-state index is 0.348. The van der Waals surface area contributed by atoms with Crippen molar-refractivity contribution in [2.24, 2.45) is 0 Å². The molecule has 0 saturated heterocycles. The lowest BCUT2D eigenvalue weighted by Gasteiger charge is -1.87. The highest BCUT2D eigenvalue weighted by atomic mass is 35.5. The molecule has 0 aliphatic rings. The summed E-state index contributed by atoms with van der Waals surface area (Å²) in [5.74, 6) is 0. The van der Waals surface area contributed by atoms with Crippen molar-refractivity contribution in [3.63, 3.8) is 0 Å². The number of aromatic nitrogens is 2. The Labute approximate surface area is 57.2 Å². The number of rotatable bonds is 1. The van der Waals surface area contributed by atoms with Crippen LogP contribution in [0.3, 0.4) is 0 Å². The van der Waals surface area contributed by atoms with Gasteiger partial charge in [-0.3, -0.25) is 4.98 Å². The molecule has 3 nitrogen and oxygen atoms in total. The van der Waals surface area contributed by atoms with Crippen LogP contribution < -0.4 is 0 Å². The Hall–Kier alpha value is -0.960. The standard InChI is InChI=1S/C5H4ClN3/c6-5-3-8-4(1-7)2-9-5/h1-3,7H. The minimum absolute atomic E-state index is 0.348. The average molecular weight is 142 g/mol. The normalized spacial score (nSPS) is 9.00. The van der Waals surface area contributed by atoms with E-state index in [1.54, 1.807) is 0 Å². The van der Waals surface area contributed by atoms with Crippen LogP contribution in [0.5, 0.6) is 0 Å². The number of nitrogens with one attached hydrogen (secondary N) is 1. The van der Waals surface area contributed by atoms with Crippen LogP contribution in [0.1, 0.15) is 5.69 Å². The zero-order valence-corrected chi connectivity index (χ0v) is 5.26. The molecule has 1 aromatic heterocycles. The Bertz CT molecular complexity index is 206. The van der Waals surface area contributed by atoms with Gasteiger partial charge in [0.1, 0.15) is 5.15 Å². The fraction of sp³-hybridized carbons (Fsp3) is 0. The van der Waals surface area contributed by atoms with Gasteiger partial charge >= 0.3 is 0 Å². The van der Waals surface area contributed by atoms with Crippen molar-refractivity contribution in [1.29, 1.82) is 5.41 Å². The Kier molecular flexibility index (Phi) is 1.75. The topological polar surface area (TPSA) is 49.6 Å². The first-order valence-corrected chi connectivity index (χ1v) is 2.69. The van der Waals surface area contributed by atoms with Gasteiger partial charge in [0, 0.05) is 6.21 Å². The van der Waals surface area contributed by atoms with Gasteiger partial charge in [0.15, 0.2) is 0 Å².